The van der Waals surface area contributed by atoms with Gasteiger partial charge >= 0.3 is 0 Å². The highest BCUT2D eigenvalue weighted by atomic mass is 14.9. The van der Waals surface area contributed by atoms with E-state index >= 15 is 0 Å². The van der Waals surface area contributed by atoms with Gasteiger partial charge in [0, 0.05) is 12.1 Å². The summed E-state index contributed by atoms with van der Waals surface area (Å²) in [6, 6.07) is 2.24. The summed E-state index contributed by atoms with van der Waals surface area (Å²) >= 11 is 0. The second kappa shape index (κ2) is 9.58. The summed E-state index contributed by atoms with van der Waals surface area (Å²) in [7, 11) is 0. The fraction of sp³-hybridized carbons (Fsp3) is 0.765. The van der Waals surface area contributed by atoms with Crippen LogP contribution in [0.1, 0.15) is 95.5 Å². The monoisotopic (exact) mass is 275 g/mol. The Labute approximate surface area is 123 Å². The lowest BCUT2D eigenvalue weighted by atomic mass is 10.0. The Hall–Kier alpha value is -1.30. The molecule has 0 bridgehead atoms. The average Bonchev–Trinajstić information content (AvgIpc) is 2.95. The molecule has 0 radical (unpaired) electrons. The Morgan fingerprint density at radius 2 is 1.80 bits per heavy atom. The number of nitrogens with zero attached hydrogens (tertiary/aromatic N) is 2. The normalized spacial score (nSPS) is 13.9. The van der Waals surface area contributed by atoms with Crippen LogP contribution in [-0.4, -0.2) is 9.97 Å². The molecule has 0 fully saturated rings. The minimum Gasteiger partial charge on any atom is -0.345 e. The summed E-state index contributed by atoms with van der Waals surface area (Å²) in [5.41, 5.74) is 0.939. The molecule has 2 unspecified atom stereocenters. The van der Waals surface area contributed by atoms with Crippen LogP contribution in [0.5, 0.6) is 0 Å². The third kappa shape index (κ3) is 5.77. The molecular formula is C17H29N3. The van der Waals surface area contributed by atoms with E-state index in [2.05, 4.69) is 29.9 Å². The third-order valence-electron chi connectivity index (χ3n) is 3.98. The molecule has 0 aliphatic carbocycles. The van der Waals surface area contributed by atoms with Gasteiger partial charge < -0.3 is 4.98 Å². The molecule has 1 heterocycles. The topological polar surface area (TPSA) is 52.5 Å². The predicted molar refractivity (Wildman–Crippen MR) is 83.6 cm³/mol. The lowest BCUT2D eigenvalue weighted by Crippen LogP contribution is -1.97. The summed E-state index contributed by atoms with van der Waals surface area (Å²) in [6.07, 6.45) is 12.4. The quantitative estimate of drug-likeness (QED) is 0.590. The number of H-pyrrole nitrogens is 1. The number of unbranched alkanes of at least 4 members (excludes halogenated alkanes) is 6. The molecule has 1 rings (SSSR count). The first kappa shape index (κ1) is 16.8. The second-order valence-electron chi connectivity index (χ2n) is 5.89. The van der Waals surface area contributed by atoms with Gasteiger partial charge in [0.15, 0.2) is 0 Å². The van der Waals surface area contributed by atoms with Crippen LogP contribution < -0.4 is 0 Å². The highest BCUT2D eigenvalue weighted by molar-refractivity contribution is 5.15. The molecular weight excluding hydrogens is 246 g/mol. The van der Waals surface area contributed by atoms with Crippen molar-refractivity contribution in [1.82, 2.24) is 9.97 Å². The van der Waals surface area contributed by atoms with E-state index in [0.717, 1.165) is 11.5 Å². The van der Waals surface area contributed by atoms with Crippen LogP contribution in [-0.2, 0) is 0 Å². The number of aromatic amines is 1. The summed E-state index contributed by atoms with van der Waals surface area (Å²) in [5, 5.41) is 8.90. The van der Waals surface area contributed by atoms with Gasteiger partial charge in [0.2, 0.25) is 0 Å². The van der Waals surface area contributed by atoms with Gasteiger partial charge in [-0.3, -0.25) is 0 Å². The summed E-state index contributed by atoms with van der Waals surface area (Å²) in [5.74, 6) is 1.40. The molecule has 0 spiro atoms. The number of hydrogen-bond donors (Lipinski definition) is 1. The predicted octanol–water partition coefficient (Wildman–Crippen LogP) is 5.28. The Kier molecular flexibility index (Phi) is 8.02. The molecule has 0 saturated heterocycles. The second-order valence-corrected chi connectivity index (χ2v) is 5.89. The van der Waals surface area contributed by atoms with E-state index in [9.17, 15) is 0 Å². The first-order valence-electron chi connectivity index (χ1n) is 8.13. The number of rotatable bonds is 10. The van der Waals surface area contributed by atoms with Crippen molar-refractivity contribution in [3.63, 3.8) is 0 Å². The van der Waals surface area contributed by atoms with Gasteiger partial charge in [-0.15, -0.1) is 0 Å². The van der Waals surface area contributed by atoms with Crippen molar-refractivity contribution in [2.24, 2.45) is 0 Å². The molecule has 0 saturated carbocycles. The van der Waals surface area contributed by atoms with Crippen LogP contribution in [0, 0.1) is 11.3 Å². The summed E-state index contributed by atoms with van der Waals surface area (Å²) in [4.78, 5) is 7.72. The summed E-state index contributed by atoms with van der Waals surface area (Å²) < 4.78 is 0. The van der Waals surface area contributed by atoms with E-state index in [1.807, 2.05) is 13.1 Å². The summed E-state index contributed by atoms with van der Waals surface area (Å²) in [6.45, 7) is 6.38. The van der Waals surface area contributed by atoms with Crippen molar-refractivity contribution >= 4 is 0 Å². The Morgan fingerprint density at radius 1 is 1.15 bits per heavy atom. The van der Waals surface area contributed by atoms with Crippen LogP contribution in [0.15, 0.2) is 6.20 Å². The molecule has 0 aliphatic rings. The van der Waals surface area contributed by atoms with Gasteiger partial charge in [0.1, 0.15) is 5.82 Å². The Morgan fingerprint density at radius 3 is 2.45 bits per heavy atom. The number of imidazole rings is 1. The fourth-order valence-electron chi connectivity index (χ4n) is 2.44. The van der Waals surface area contributed by atoms with Crippen molar-refractivity contribution in [2.75, 3.05) is 0 Å². The van der Waals surface area contributed by atoms with E-state index in [1.165, 1.54) is 51.4 Å². The van der Waals surface area contributed by atoms with Crippen LogP contribution in [0.25, 0.3) is 0 Å². The molecule has 1 N–H and O–H groups in total. The average molecular weight is 275 g/mol. The van der Waals surface area contributed by atoms with Gasteiger partial charge in [-0.1, -0.05) is 58.8 Å². The van der Waals surface area contributed by atoms with Gasteiger partial charge in [-0.2, -0.15) is 5.26 Å². The number of nitriles is 1. The van der Waals surface area contributed by atoms with Crippen molar-refractivity contribution in [3.8, 4) is 6.07 Å². The zero-order valence-corrected chi connectivity index (χ0v) is 13.3. The largest absolute Gasteiger partial charge is 0.345 e. The van der Waals surface area contributed by atoms with Crippen molar-refractivity contribution in [1.29, 1.82) is 5.26 Å². The van der Waals surface area contributed by atoms with E-state index in [1.54, 1.807) is 0 Å². The number of nitrogens with one attached hydrogen (secondary N) is 1. The van der Waals surface area contributed by atoms with E-state index < -0.39 is 0 Å². The van der Waals surface area contributed by atoms with E-state index in [0.29, 0.717) is 5.92 Å². The SMILES string of the molecule is CCCCCCCCCC(C)c1ncc(C(C)C#N)[nH]1. The van der Waals surface area contributed by atoms with Gasteiger partial charge in [-0.05, 0) is 13.3 Å². The molecule has 3 heteroatoms. The maximum atomic E-state index is 8.90. The molecule has 1 aromatic heterocycles. The zero-order valence-electron chi connectivity index (χ0n) is 13.3. The molecule has 0 aliphatic heterocycles. The molecule has 20 heavy (non-hydrogen) atoms. The maximum absolute atomic E-state index is 8.90. The first-order valence-corrected chi connectivity index (χ1v) is 8.13. The highest BCUT2D eigenvalue weighted by Crippen LogP contribution is 2.22. The Bertz CT molecular complexity index is 403. The van der Waals surface area contributed by atoms with E-state index in [4.69, 9.17) is 5.26 Å². The fourth-order valence-corrected chi connectivity index (χ4v) is 2.44. The van der Waals surface area contributed by atoms with Crippen molar-refractivity contribution < 1.29 is 0 Å². The molecule has 112 valence electrons. The van der Waals surface area contributed by atoms with Crippen LogP contribution in [0.3, 0.4) is 0 Å². The van der Waals surface area contributed by atoms with Gasteiger partial charge in [0.05, 0.1) is 17.7 Å². The van der Waals surface area contributed by atoms with Crippen LogP contribution in [0.2, 0.25) is 0 Å². The van der Waals surface area contributed by atoms with Crippen molar-refractivity contribution in [2.45, 2.75) is 84.0 Å². The highest BCUT2D eigenvalue weighted by Gasteiger charge is 2.12. The molecule has 0 amide bonds. The molecule has 3 nitrogen and oxygen atoms in total. The third-order valence-corrected chi connectivity index (χ3v) is 3.98. The van der Waals surface area contributed by atoms with Crippen LogP contribution in [0.4, 0.5) is 0 Å². The lowest BCUT2D eigenvalue weighted by Gasteiger charge is -2.08. The molecule has 1 aromatic rings. The van der Waals surface area contributed by atoms with Crippen molar-refractivity contribution in [3.05, 3.63) is 17.7 Å². The maximum Gasteiger partial charge on any atom is 0.109 e. The first-order chi connectivity index (χ1) is 9.69. The molecule has 2 atom stereocenters. The molecule has 0 aromatic carbocycles. The lowest BCUT2D eigenvalue weighted by molar-refractivity contribution is 0.540. The number of aromatic nitrogens is 2. The smallest absolute Gasteiger partial charge is 0.109 e. The minimum absolute atomic E-state index is 0.0954. The standard InChI is InChI=1S/C17H29N3/c1-4-5-6-7-8-9-10-11-14(2)17-19-13-16(20-17)15(3)12-18/h13-15H,4-11H2,1-3H3,(H,19,20). The Balaban J connectivity index is 2.21. The number of hydrogen-bond acceptors (Lipinski definition) is 2. The minimum atomic E-state index is -0.0954. The zero-order chi connectivity index (χ0) is 14.8. The van der Waals surface area contributed by atoms with Gasteiger partial charge in [0.25, 0.3) is 0 Å². The van der Waals surface area contributed by atoms with Crippen LogP contribution >= 0.6 is 0 Å². The van der Waals surface area contributed by atoms with E-state index in [-0.39, 0.29) is 5.92 Å². The van der Waals surface area contributed by atoms with Gasteiger partial charge in [-0.25, -0.2) is 4.98 Å².